The molecule has 0 saturated carbocycles. The average Bonchev–Trinajstić information content (AvgIpc) is 2.26. The fraction of sp³-hybridized carbons (Fsp3) is 0.643. The van der Waals surface area contributed by atoms with E-state index in [9.17, 15) is 0 Å². The van der Waals surface area contributed by atoms with Crippen LogP contribution in [-0.2, 0) is 6.42 Å². The van der Waals surface area contributed by atoms with Gasteiger partial charge in [-0.25, -0.2) is 0 Å². The number of hydrogen-bond donors (Lipinski definition) is 2. The highest BCUT2D eigenvalue weighted by Gasteiger charge is 2.23. The maximum atomic E-state index is 5.67. The quantitative estimate of drug-likeness (QED) is 0.648. The van der Waals surface area contributed by atoms with E-state index in [1.807, 2.05) is 6.20 Å². The molecule has 0 amide bonds. The Balaban J connectivity index is 2.63. The van der Waals surface area contributed by atoms with E-state index in [0.29, 0.717) is 11.3 Å². The summed E-state index contributed by atoms with van der Waals surface area (Å²) >= 11 is 3.44. The largest absolute Gasteiger partial charge is 0.271 e. The minimum Gasteiger partial charge on any atom is -0.271 e. The summed E-state index contributed by atoms with van der Waals surface area (Å²) in [5.74, 6) is 6.28. The van der Waals surface area contributed by atoms with Crippen molar-refractivity contribution in [3.63, 3.8) is 0 Å². The fourth-order valence-corrected chi connectivity index (χ4v) is 2.25. The van der Waals surface area contributed by atoms with Crippen molar-refractivity contribution in [3.8, 4) is 0 Å². The molecule has 4 heteroatoms. The van der Waals surface area contributed by atoms with Crippen molar-refractivity contribution in [1.82, 2.24) is 10.4 Å². The number of hydrazine groups is 1. The van der Waals surface area contributed by atoms with Gasteiger partial charge in [0.05, 0.1) is 0 Å². The molecule has 0 saturated heterocycles. The molecule has 1 aromatic heterocycles. The highest BCUT2D eigenvalue weighted by molar-refractivity contribution is 9.10. The molecule has 1 aromatic rings. The van der Waals surface area contributed by atoms with E-state index in [1.165, 1.54) is 5.56 Å². The van der Waals surface area contributed by atoms with Gasteiger partial charge in [-0.1, -0.05) is 27.7 Å². The summed E-state index contributed by atoms with van der Waals surface area (Å²) in [5.41, 5.74) is 4.44. The van der Waals surface area contributed by atoms with Gasteiger partial charge in [0.1, 0.15) is 0 Å². The minimum absolute atomic E-state index is 0.287. The van der Waals surface area contributed by atoms with Crippen LogP contribution in [0.25, 0.3) is 0 Å². The van der Waals surface area contributed by atoms with E-state index >= 15 is 0 Å². The van der Waals surface area contributed by atoms with Gasteiger partial charge in [0.15, 0.2) is 0 Å². The summed E-state index contributed by atoms with van der Waals surface area (Å²) in [5, 5.41) is 0. The standard InChI is InChI=1S/C14H24BrN3/c1-10(14(2,3)4)5-13(18-16)7-11-6-12(15)9-17-8-11/h6,8-10,13,18H,5,7,16H2,1-4H3. The van der Waals surface area contributed by atoms with Crippen molar-refractivity contribution in [1.29, 1.82) is 0 Å². The summed E-state index contributed by atoms with van der Waals surface area (Å²) in [7, 11) is 0. The number of aromatic nitrogens is 1. The molecule has 0 aliphatic carbocycles. The number of pyridine rings is 1. The predicted molar refractivity (Wildman–Crippen MR) is 80.0 cm³/mol. The molecular formula is C14H24BrN3. The molecular weight excluding hydrogens is 290 g/mol. The van der Waals surface area contributed by atoms with Crippen LogP contribution in [0.5, 0.6) is 0 Å². The summed E-state index contributed by atoms with van der Waals surface area (Å²) in [6.45, 7) is 9.09. The Kier molecular flexibility index (Phi) is 5.76. The zero-order valence-electron chi connectivity index (χ0n) is 11.7. The monoisotopic (exact) mass is 313 g/mol. The highest BCUT2D eigenvalue weighted by atomic mass is 79.9. The van der Waals surface area contributed by atoms with Crippen molar-refractivity contribution in [2.45, 2.75) is 46.6 Å². The molecule has 1 rings (SSSR count). The zero-order chi connectivity index (χ0) is 13.8. The number of nitrogens with one attached hydrogen (secondary N) is 1. The second-order valence-electron chi connectivity index (χ2n) is 6.08. The van der Waals surface area contributed by atoms with Crippen molar-refractivity contribution in [2.24, 2.45) is 17.2 Å². The summed E-state index contributed by atoms with van der Waals surface area (Å²) in [6, 6.07) is 2.38. The van der Waals surface area contributed by atoms with Gasteiger partial charge in [-0.3, -0.25) is 16.3 Å². The molecule has 2 atom stereocenters. The van der Waals surface area contributed by atoms with Gasteiger partial charge in [-0.15, -0.1) is 0 Å². The van der Waals surface area contributed by atoms with Crippen LogP contribution in [0.2, 0.25) is 0 Å². The van der Waals surface area contributed by atoms with Gasteiger partial charge < -0.3 is 0 Å². The first kappa shape index (κ1) is 15.6. The van der Waals surface area contributed by atoms with Gasteiger partial charge in [0.2, 0.25) is 0 Å². The van der Waals surface area contributed by atoms with Crippen LogP contribution in [0, 0.1) is 11.3 Å². The maximum absolute atomic E-state index is 5.67. The third-order valence-electron chi connectivity index (χ3n) is 3.60. The van der Waals surface area contributed by atoms with E-state index in [-0.39, 0.29) is 6.04 Å². The molecule has 18 heavy (non-hydrogen) atoms. The van der Waals surface area contributed by atoms with Crippen molar-refractivity contribution < 1.29 is 0 Å². The molecule has 0 radical (unpaired) electrons. The van der Waals surface area contributed by atoms with Crippen LogP contribution in [0.4, 0.5) is 0 Å². The molecule has 0 spiro atoms. The molecule has 0 fully saturated rings. The third-order valence-corrected chi connectivity index (χ3v) is 4.03. The molecule has 2 unspecified atom stereocenters. The van der Waals surface area contributed by atoms with E-state index in [4.69, 9.17) is 5.84 Å². The van der Waals surface area contributed by atoms with E-state index in [0.717, 1.165) is 17.3 Å². The maximum Gasteiger partial charge on any atom is 0.0410 e. The fourth-order valence-electron chi connectivity index (χ4n) is 1.84. The summed E-state index contributed by atoms with van der Waals surface area (Å²) in [4.78, 5) is 4.18. The number of hydrogen-bond acceptors (Lipinski definition) is 3. The SMILES string of the molecule is CC(CC(Cc1cncc(Br)c1)NN)C(C)(C)C. The van der Waals surface area contributed by atoms with Crippen molar-refractivity contribution >= 4 is 15.9 Å². The smallest absolute Gasteiger partial charge is 0.0410 e. The first-order valence-corrected chi connectivity index (χ1v) is 7.17. The lowest BCUT2D eigenvalue weighted by atomic mass is 9.78. The number of halogens is 1. The lowest BCUT2D eigenvalue weighted by molar-refractivity contribution is 0.222. The van der Waals surface area contributed by atoms with Crippen LogP contribution < -0.4 is 11.3 Å². The average molecular weight is 314 g/mol. The number of nitrogens with zero attached hydrogens (tertiary/aromatic N) is 1. The van der Waals surface area contributed by atoms with Crippen LogP contribution in [0.15, 0.2) is 22.9 Å². The van der Waals surface area contributed by atoms with Crippen LogP contribution >= 0.6 is 15.9 Å². The van der Waals surface area contributed by atoms with Crippen LogP contribution in [-0.4, -0.2) is 11.0 Å². The molecule has 102 valence electrons. The molecule has 0 aliphatic rings. The Morgan fingerprint density at radius 3 is 2.56 bits per heavy atom. The second kappa shape index (κ2) is 6.64. The minimum atomic E-state index is 0.287. The molecule has 0 bridgehead atoms. The van der Waals surface area contributed by atoms with E-state index in [1.54, 1.807) is 6.20 Å². The Morgan fingerprint density at radius 2 is 2.06 bits per heavy atom. The van der Waals surface area contributed by atoms with Crippen LogP contribution in [0.3, 0.4) is 0 Å². The lowest BCUT2D eigenvalue weighted by Gasteiger charge is -2.30. The topological polar surface area (TPSA) is 50.9 Å². The Morgan fingerprint density at radius 1 is 1.39 bits per heavy atom. The Bertz CT molecular complexity index is 374. The number of nitrogens with two attached hydrogens (primary N) is 1. The van der Waals surface area contributed by atoms with Crippen LogP contribution in [0.1, 0.15) is 39.7 Å². The van der Waals surface area contributed by atoms with Gasteiger partial charge in [-0.2, -0.15) is 0 Å². The predicted octanol–water partition coefficient (Wildman–Crippen LogP) is 3.29. The molecule has 1 heterocycles. The van der Waals surface area contributed by atoms with Gasteiger partial charge in [-0.05, 0) is 51.7 Å². The second-order valence-corrected chi connectivity index (χ2v) is 7.00. The lowest BCUT2D eigenvalue weighted by Crippen LogP contribution is -2.39. The normalized spacial score (nSPS) is 15.4. The highest BCUT2D eigenvalue weighted by Crippen LogP contribution is 2.29. The molecule has 3 N–H and O–H groups in total. The Labute approximate surface area is 119 Å². The van der Waals surface area contributed by atoms with Crippen molar-refractivity contribution in [2.75, 3.05) is 0 Å². The zero-order valence-corrected chi connectivity index (χ0v) is 13.3. The van der Waals surface area contributed by atoms with Gasteiger partial charge >= 0.3 is 0 Å². The van der Waals surface area contributed by atoms with Crippen molar-refractivity contribution in [3.05, 3.63) is 28.5 Å². The van der Waals surface area contributed by atoms with Gasteiger partial charge in [0, 0.05) is 22.9 Å². The molecule has 0 aliphatic heterocycles. The first-order chi connectivity index (χ1) is 8.32. The third kappa shape index (κ3) is 5.04. The molecule has 3 nitrogen and oxygen atoms in total. The summed E-state index contributed by atoms with van der Waals surface area (Å²) in [6.07, 6.45) is 5.67. The first-order valence-electron chi connectivity index (χ1n) is 6.38. The van der Waals surface area contributed by atoms with Gasteiger partial charge in [0.25, 0.3) is 0 Å². The molecule has 0 aromatic carbocycles. The van der Waals surface area contributed by atoms with E-state index < -0.39 is 0 Å². The Hall–Kier alpha value is -0.450. The van der Waals surface area contributed by atoms with E-state index in [2.05, 4.69) is 60.1 Å². The summed E-state index contributed by atoms with van der Waals surface area (Å²) < 4.78 is 1.01. The number of rotatable bonds is 5.